The van der Waals surface area contributed by atoms with Gasteiger partial charge in [-0.1, -0.05) is 16.1 Å². The standard InChI is InChI=1S/C14H11ClN4O3S/c1-21-11-4-8-10(5-12(11)22-2)16-13(17-14(8)20)9(15)3-7-6-23-19-18-7/h3-6H,1-2H3,(H,16,17,20)/b9-3-. The predicted molar refractivity (Wildman–Crippen MR) is 89.1 cm³/mol. The van der Waals surface area contributed by atoms with Crippen molar-refractivity contribution >= 4 is 45.1 Å². The largest absolute Gasteiger partial charge is 0.493 e. The van der Waals surface area contributed by atoms with Crippen molar-refractivity contribution in [2.75, 3.05) is 14.2 Å². The molecule has 0 radical (unpaired) electrons. The second-order valence-electron chi connectivity index (χ2n) is 4.46. The summed E-state index contributed by atoms with van der Waals surface area (Å²) < 4.78 is 14.2. The lowest BCUT2D eigenvalue weighted by molar-refractivity contribution is 0.355. The van der Waals surface area contributed by atoms with Crippen molar-refractivity contribution in [3.8, 4) is 11.5 Å². The van der Waals surface area contributed by atoms with Crippen LogP contribution in [0.5, 0.6) is 11.5 Å². The molecule has 9 heteroatoms. The predicted octanol–water partition coefficient (Wildman–Crippen LogP) is 2.53. The van der Waals surface area contributed by atoms with E-state index in [0.29, 0.717) is 28.1 Å². The van der Waals surface area contributed by atoms with Crippen LogP contribution < -0.4 is 15.0 Å². The van der Waals surface area contributed by atoms with Gasteiger partial charge in [-0.3, -0.25) is 4.79 Å². The molecule has 0 aliphatic heterocycles. The summed E-state index contributed by atoms with van der Waals surface area (Å²) in [5.41, 5.74) is 0.716. The van der Waals surface area contributed by atoms with E-state index in [9.17, 15) is 4.79 Å². The molecule has 2 aromatic heterocycles. The maximum absolute atomic E-state index is 12.3. The zero-order valence-electron chi connectivity index (χ0n) is 12.2. The van der Waals surface area contributed by atoms with Crippen LogP contribution in [0.25, 0.3) is 22.0 Å². The van der Waals surface area contributed by atoms with E-state index in [-0.39, 0.29) is 16.4 Å². The molecule has 0 aliphatic carbocycles. The van der Waals surface area contributed by atoms with Gasteiger partial charge in [0.2, 0.25) is 0 Å². The third-order valence-corrected chi connectivity index (χ3v) is 3.90. The molecule has 0 saturated heterocycles. The van der Waals surface area contributed by atoms with E-state index in [1.807, 2.05) is 0 Å². The number of fused-ring (bicyclic) bond motifs is 1. The Bertz CT molecular complexity index is 937. The van der Waals surface area contributed by atoms with E-state index in [4.69, 9.17) is 21.1 Å². The number of ether oxygens (including phenoxy) is 2. The second-order valence-corrected chi connectivity index (χ2v) is 5.48. The topological polar surface area (TPSA) is 90.0 Å². The Balaban J connectivity index is 2.15. The highest BCUT2D eigenvalue weighted by Gasteiger charge is 2.12. The number of H-pyrrole nitrogens is 1. The summed E-state index contributed by atoms with van der Waals surface area (Å²) in [6.45, 7) is 0. The molecular formula is C14H11ClN4O3S. The molecule has 1 N–H and O–H groups in total. The molecule has 3 rings (SSSR count). The molecule has 0 saturated carbocycles. The fourth-order valence-corrected chi connectivity index (χ4v) is 2.62. The number of aromatic nitrogens is 4. The average Bonchev–Trinajstić information content (AvgIpc) is 3.06. The van der Waals surface area contributed by atoms with Gasteiger partial charge >= 0.3 is 0 Å². The average molecular weight is 351 g/mol. The van der Waals surface area contributed by atoms with Crippen LogP contribution in [0.1, 0.15) is 11.5 Å². The lowest BCUT2D eigenvalue weighted by Gasteiger charge is -2.09. The molecule has 1 aromatic carbocycles. The minimum atomic E-state index is -0.325. The molecule has 23 heavy (non-hydrogen) atoms. The van der Waals surface area contributed by atoms with Gasteiger partial charge in [0.25, 0.3) is 5.56 Å². The quantitative estimate of drug-likeness (QED) is 0.777. The van der Waals surface area contributed by atoms with Gasteiger partial charge in [0.15, 0.2) is 17.3 Å². The molecule has 0 fully saturated rings. The van der Waals surface area contributed by atoms with E-state index in [1.165, 1.54) is 25.8 Å². The third-order valence-electron chi connectivity index (χ3n) is 3.09. The molecule has 0 spiro atoms. The van der Waals surface area contributed by atoms with Crippen LogP contribution in [0.15, 0.2) is 22.3 Å². The van der Waals surface area contributed by atoms with Crippen molar-refractivity contribution in [3.63, 3.8) is 0 Å². The van der Waals surface area contributed by atoms with Gasteiger partial charge in [-0.25, -0.2) is 4.98 Å². The Labute approximate surface area is 139 Å². The molecule has 118 valence electrons. The van der Waals surface area contributed by atoms with Crippen molar-refractivity contribution in [1.29, 1.82) is 0 Å². The smallest absolute Gasteiger partial charge is 0.259 e. The van der Waals surface area contributed by atoms with Gasteiger partial charge in [-0.2, -0.15) is 0 Å². The van der Waals surface area contributed by atoms with E-state index in [1.54, 1.807) is 23.6 Å². The van der Waals surface area contributed by atoms with Gasteiger partial charge < -0.3 is 14.5 Å². The number of aromatic amines is 1. The van der Waals surface area contributed by atoms with Crippen LogP contribution in [0.2, 0.25) is 0 Å². The van der Waals surface area contributed by atoms with Gasteiger partial charge in [0.1, 0.15) is 0 Å². The lowest BCUT2D eigenvalue weighted by atomic mass is 10.2. The van der Waals surface area contributed by atoms with E-state index >= 15 is 0 Å². The van der Waals surface area contributed by atoms with E-state index < -0.39 is 0 Å². The number of hydrogen-bond donors (Lipinski definition) is 1. The summed E-state index contributed by atoms with van der Waals surface area (Å²) in [5, 5.41) is 6.24. The van der Waals surface area contributed by atoms with Crippen LogP contribution in [-0.4, -0.2) is 33.8 Å². The summed E-state index contributed by atoms with van der Waals surface area (Å²) >= 11 is 7.42. The number of nitrogens with one attached hydrogen (secondary N) is 1. The number of methoxy groups -OCH3 is 2. The van der Waals surface area contributed by atoms with Crippen LogP contribution in [0.4, 0.5) is 0 Å². The number of hydrogen-bond acceptors (Lipinski definition) is 7. The first kappa shape index (κ1) is 15.4. The number of halogens is 1. The van der Waals surface area contributed by atoms with Gasteiger partial charge in [-0.15, -0.1) is 5.10 Å². The monoisotopic (exact) mass is 350 g/mol. The van der Waals surface area contributed by atoms with Crippen molar-refractivity contribution in [3.05, 3.63) is 39.4 Å². The van der Waals surface area contributed by atoms with Crippen LogP contribution in [0, 0.1) is 0 Å². The van der Waals surface area contributed by atoms with Crippen molar-refractivity contribution < 1.29 is 9.47 Å². The number of benzene rings is 1. The SMILES string of the molecule is COc1cc2nc(/C(Cl)=C/c3csnn3)[nH]c(=O)c2cc1OC. The molecule has 0 aliphatic rings. The lowest BCUT2D eigenvalue weighted by Crippen LogP contribution is -2.11. The van der Waals surface area contributed by atoms with Crippen molar-refractivity contribution in [2.45, 2.75) is 0 Å². The van der Waals surface area contributed by atoms with Gasteiger partial charge in [0, 0.05) is 11.4 Å². The summed E-state index contributed by atoms with van der Waals surface area (Å²) in [4.78, 5) is 19.3. The first-order valence-corrected chi connectivity index (χ1v) is 7.64. The number of nitrogens with zero attached hydrogens (tertiary/aromatic N) is 3. The maximum Gasteiger partial charge on any atom is 0.259 e. The molecule has 2 heterocycles. The summed E-state index contributed by atoms with van der Waals surface area (Å²) in [5.74, 6) is 1.17. The summed E-state index contributed by atoms with van der Waals surface area (Å²) in [6.07, 6.45) is 1.58. The Kier molecular flexibility index (Phi) is 4.26. The Morgan fingerprint density at radius 1 is 1.30 bits per heavy atom. The molecular weight excluding hydrogens is 340 g/mol. The van der Waals surface area contributed by atoms with E-state index in [0.717, 1.165) is 0 Å². The molecule has 0 atom stereocenters. The zero-order chi connectivity index (χ0) is 16.4. The van der Waals surface area contributed by atoms with Crippen molar-refractivity contribution in [1.82, 2.24) is 19.6 Å². The first-order valence-electron chi connectivity index (χ1n) is 6.43. The zero-order valence-corrected chi connectivity index (χ0v) is 13.7. The summed E-state index contributed by atoms with van der Waals surface area (Å²) in [6, 6.07) is 3.20. The highest BCUT2D eigenvalue weighted by Crippen LogP contribution is 2.30. The first-order chi connectivity index (χ1) is 11.1. The molecule has 0 amide bonds. The van der Waals surface area contributed by atoms with Gasteiger partial charge in [0.05, 0.1) is 35.8 Å². The fourth-order valence-electron chi connectivity index (χ4n) is 2.01. The van der Waals surface area contributed by atoms with E-state index in [2.05, 4.69) is 19.6 Å². The Hall–Kier alpha value is -2.45. The Morgan fingerprint density at radius 2 is 2.04 bits per heavy atom. The Morgan fingerprint density at radius 3 is 2.70 bits per heavy atom. The highest BCUT2D eigenvalue weighted by molar-refractivity contribution is 7.03. The number of rotatable bonds is 4. The fraction of sp³-hybridized carbons (Fsp3) is 0.143. The second kappa shape index (κ2) is 6.35. The molecule has 7 nitrogen and oxygen atoms in total. The molecule has 0 unspecified atom stereocenters. The maximum atomic E-state index is 12.3. The highest BCUT2D eigenvalue weighted by atomic mass is 35.5. The van der Waals surface area contributed by atoms with Gasteiger partial charge in [-0.05, 0) is 23.7 Å². The van der Waals surface area contributed by atoms with Crippen LogP contribution >= 0.6 is 23.1 Å². The minimum Gasteiger partial charge on any atom is -0.493 e. The molecule has 0 bridgehead atoms. The van der Waals surface area contributed by atoms with Crippen LogP contribution in [-0.2, 0) is 0 Å². The minimum absolute atomic E-state index is 0.240. The van der Waals surface area contributed by atoms with Crippen molar-refractivity contribution in [2.24, 2.45) is 0 Å². The van der Waals surface area contributed by atoms with Crippen LogP contribution in [0.3, 0.4) is 0 Å². The summed E-state index contributed by atoms with van der Waals surface area (Å²) in [7, 11) is 3.01. The third kappa shape index (κ3) is 3.03. The normalized spacial score (nSPS) is 11.7. The molecule has 3 aromatic rings.